The number of carboxylic acids is 1. The molecule has 2 aromatic heterocycles. The average Bonchev–Trinajstić information content (AvgIpc) is 2.76. The molecule has 6 heteroatoms. The van der Waals surface area contributed by atoms with Gasteiger partial charge in [0.05, 0.1) is 6.10 Å². The average molecular weight is 275 g/mol. The van der Waals surface area contributed by atoms with E-state index in [0.29, 0.717) is 23.9 Å². The Hall–Kier alpha value is -2.08. The van der Waals surface area contributed by atoms with Gasteiger partial charge in [-0.1, -0.05) is 6.07 Å². The zero-order chi connectivity index (χ0) is 14.3. The number of anilines is 1. The molecule has 1 aliphatic carbocycles. The molecule has 0 atom stereocenters. The van der Waals surface area contributed by atoms with E-state index in [1.807, 2.05) is 18.0 Å². The first kappa shape index (κ1) is 12.9. The number of aromatic carboxylic acids is 1. The lowest BCUT2D eigenvalue weighted by atomic mass is 9.82. The number of hydrogen-bond acceptors (Lipinski definition) is 4. The van der Waals surface area contributed by atoms with E-state index < -0.39 is 5.97 Å². The van der Waals surface area contributed by atoms with Crippen LogP contribution in [0, 0.1) is 5.92 Å². The number of aliphatic hydroxyl groups excluding tert-OH is 1. The molecule has 3 rings (SSSR count). The lowest BCUT2D eigenvalue weighted by Crippen LogP contribution is -2.37. The van der Waals surface area contributed by atoms with Crippen molar-refractivity contribution in [3.05, 3.63) is 30.1 Å². The maximum absolute atomic E-state index is 11.5. The van der Waals surface area contributed by atoms with Gasteiger partial charge in [-0.2, -0.15) is 0 Å². The number of aromatic nitrogens is 2. The maximum Gasteiger partial charge on any atom is 0.356 e. The van der Waals surface area contributed by atoms with Gasteiger partial charge in [0, 0.05) is 19.8 Å². The first-order valence-corrected chi connectivity index (χ1v) is 6.66. The van der Waals surface area contributed by atoms with Crippen LogP contribution in [0.3, 0.4) is 0 Å². The van der Waals surface area contributed by atoms with Crippen LogP contribution in [0.1, 0.15) is 23.3 Å². The van der Waals surface area contributed by atoms with Crippen LogP contribution in [-0.4, -0.2) is 45.3 Å². The normalized spacial score (nSPS) is 21.7. The summed E-state index contributed by atoms with van der Waals surface area (Å²) in [5, 5.41) is 18.7. The summed E-state index contributed by atoms with van der Waals surface area (Å²) in [5.74, 6) is -0.106. The van der Waals surface area contributed by atoms with E-state index in [0.717, 1.165) is 12.8 Å². The fraction of sp³-hybridized carbons (Fsp3) is 0.429. The van der Waals surface area contributed by atoms with Gasteiger partial charge in [-0.25, -0.2) is 9.78 Å². The van der Waals surface area contributed by atoms with E-state index in [2.05, 4.69) is 4.98 Å². The topological polar surface area (TPSA) is 78.1 Å². The fourth-order valence-electron chi connectivity index (χ4n) is 2.77. The van der Waals surface area contributed by atoms with Crippen LogP contribution >= 0.6 is 0 Å². The predicted octanol–water partition coefficient (Wildman–Crippen LogP) is 1.24. The minimum absolute atomic E-state index is 0.183. The molecule has 0 aliphatic heterocycles. The molecule has 2 N–H and O–H groups in total. The number of rotatable bonds is 4. The SMILES string of the molecule is CN(CC1CC(O)C1)c1nc2ccccn2c1C(=O)O. The number of fused-ring (bicyclic) bond motifs is 1. The molecule has 0 bridgehead atoms. The van der Waals surface area contributed by atoms with Crippen molar-refractivity contribution in [3.63, 3.8) is 0 Å². The van der Waals surface area contributed by atoms with E-state index in [1.54, 1.807) is 22.7 Å². The molecular formula is C14H17N3O3. The summed E-state index contributed by atoms with van der Waals surface area (Å²) < 4.78 is 1.59. The van der Waals surface area contributed by atoms with Gasteiger partial charge in [-0.3, -0.25) is 4.40 Å². The van der Waals surface area contributed by atoms with Gasteiger partial charge in [0.1, 0.15) is 5.65 Å². The van der Waals surface area contributed by atoms with Crippen molar-refractivity contribution in [3.8, 4) is 0 Å². The van der Waals surface area contributed by atoms with E-state index in [4.69, 9.17) is 0 Å². The summed E-state index contributed by atoms with van der Waals surface area (Å²) in [6.07, 6.45) is 3.06. The zero-order valence-electron chi connectivity index (χ0n) is 11.2. The van der Waals surface area contributed by atoms with Gasteiger partial charge >= 0.3 is 5.97 Å². The number of pyridine rings is 1. The lowest BCUT2D eigenvalue weighted by molar-refractivity contribution is 0.0463. The van der Waals surface area contributed by atoms with E-state index in [9.17, 15) is 15.0 Å². The predicted molar refractivity (Wildman–Crippen MR) is 74.2 cm³/mol. The van der Waals surface area contributed by atoms with Gasteiger partial charge in [0.15, 0.2) is 11.5 Å². The summed E-state index contributed by atoms with van der Waals surface area (Å²) in [6, 6.07) is 5.41. The van der Waals surface area contributed by atoms with Gasteiger partial charge in [-0.05, 0) is 30.9 Å². The highest BCUT2D eigenvalue weighted by molar-refractivity contribution is 5.93. The second-order valence-electron chi connectivity index (χ2n) is 5.39. The van der Waals surface area contributed by atoms with E-state index in [1.165, 1.54) is 0 Å². The molecule has 0 amide bonds. The molecule has 2 aromatic rings. The fourth-order valence-corrected chi connectivity index (χ4v) is 2.77. The monoisotopic (exact) mass is 275 g/mol. The highest BCUT2D eigenvalue weighted by Crippen LogP contribution is 2.30. The van der Waals surface area contributed by atoms with Crippen LogP contribution in [0.2, 0.25) is 0 Å². The zero-order valence-corrected chi connectivity index (χ0v) is 11.2. The summed E-state index contributed by atoms with van der Waals surface area (Å²) in [5.41, 5.74) is 0.809. The number of carboxylic acid groups (broad SMARTS) is 1. The molecular weight excluding hydrogens is 258 g/mol. The van der Waals surface area contributed by atoms with Crippen molar-refractivity contribution in [1.29, 1.82) is 0 Å². The van der Waals surface area contributed by atoms with Crippen molar-refractivity contribution in [2.24, 2.45) is 5.92 Å². The van der Waals surface area contributed by atoms with Gasteiger partial charge < -0.3 is 15.1 Å². The van der Waals surface area contributed by atoms with Crippen LogP contribution in [0.5, 0.6) is 0 Å². The number of aliphatic hydroxyl groups is 1. The lowest BCUT2D eigenvalue weighted by Gasteiger charge is -2.34. The number of carbonyl (C=O) groups is 1. The Balaban J connectivity index is 1.93. The second-order valence-corrected chi connectivity index (χ2v) is 5.39. The van der Waals surface area contributed by atoms with Crippen LogP contribution < -0.4 is 4.90 Å². The molecule has 6 nitrogen and oxygen atoms in total. The van der Waals surface area contributed by atoms with Crippen molar-refractivity contribution < 1.29 is 15.0 Å². The highest BCUT2D eigenvalue weighted by atomic mass is 16.4. The smallest absolute Gasteiger partial charge is 0.356 e. The molecule has 0 saturated heterocycles. The third-order valence-corrected chi connectivity index (χ3v) is 3.82. The molecule has 1 aliphatic rings. The van der Waals surface area contributed by atoms with Crippen molar-refractivity contribution in [1.82, 2.24) is 9.38 Å². The van der Waals surface area contributed by atoms with Gasteiger partial charge in [-0.15, -0.1) is 0 Å². The van der Waals surface area contributed by atoms with Crippen molar-refractivity contribution in [2.75, 3.05) is 18.5 Å². The maximum atomic E-state index is 11.5. The Labute approximate surface area is 116 Å². The van der Waals surface area contributed by atoms with E-state index >= 15 is 0 Å². The Bertz CT molecular complexity index is 646. The molecule has 106 valence electrons. The molecule has 1 saturated carbocycles. The number of imidazole rings is 1. The molecule has 0 radical (unpaired) electrons. The molecule has 1 fully saturated rings. The first-order chi connectivity index (χ1) is 9.56. The van der Waals surface area contributed by atoms with Crippen LogP contribution in [0.4, 0.5) is 5.82 Å². The molecule has 0 spiro atoms. The largest absolute Gasteiger partial charge is 0.476 e. The van der Waals surface area contributed by atoms with E-state index in [-0.39, 0.29) is 11.8 Å². The van der Waals surface area contributed by atoms with Crippen LogP contribution in [0.25, 0.3) is 5.65 Å². The number of hydrogen-bond donors (Lipinski definition) is 2. The first-order valence-electron chi connectivity index (χ1n) is 6.66. The Morgan fingerprint density at radius 3 is 2.90 bits per heavy atom. The minimum Gasteiger partial charge on any atom is -0.476 e. The minimum atomic E-state index is -0.987. The quantitative estimate of drug-likeness (QED) is 0.877. The summed E-state index contributed by atoms with van der Waals surface area (Å²) in [4.78, 5) is 17.8. The summed E-state index contributed by atoms with van der Waals surface area (Å²) >= 11 is 0. The number of nitrogens with zero attached hydrogens (tertiary/aromatic N) is 3. The molecule has 2 heterocycles. The van der Waals surface area contributed by atoms with Crippen LogP contribution in [0.15, 0.2) is 24.4 Å². The summed E-state index contributed by atoms with van der Waals surface area (Å²) in [6.45, 7) is 0.710. The Morgan fingerprint density at radius 1 is 1.50 bits per heavy atom. The Morgan fingerprint density at radius 2 is 2.25 bits per heavy atom. The second kappa shape index (κ2) is 4.79. The van der Waals surface area contributed by atoms with Gasteiger partial charge in [0.2, 0.25) is 0 Å². The van der Waals surface area contributed by atoms with Gasteiger partial charge in [0.25, 0.3) is 0 Å². The highest BCUT2D eigenvalue weighted by Gasteiger charge is 2.30. The third kappa shape index (κ3) is 2.12. The standard InChI is InChI=1S/C14H17N3O3/c1-16(8-9-6-10(18)7-9)13-12(14(19)20)17-5-3-2-4-11(17)15-13/h2-5,9-10,18H,6-8H2,1H3,(H,19,20). The molecule has 20 heavy (non-hydrogen) atoms. The van der Waals surface area contributed by atoms with Crippen LogP contribution in [-0.2, 0) is 0 Å². The Kier molecular flexibility index (Phi) is 3.10. The molecule has 0 aromatic carbocycles. The van der Waals surface area contributed by atoms with Crippen molar-refractivity contribution >= 4 is 17.4 Å². The summed E-state index contributed by atoms with van der Waals surface area (Å²) in [7, 11) is 1.85. The third-order valence-electron chi connectivity index (χ3n) is 3.82. The molecule has 0 unspecified atom stereocenters. The van der Waals surface area contributed by atoms with Crippen molar-refractivity contribution in [2.45, 2.75) is 18.9 Å².